The molecule has 30 heavy (non-hydrogen) atoms. The number of amides is 2. The van der Waals surface area contributed by atoms with Gasteiger partial charge < -0.3 is 5.32 Å². The molecule has 0 spiro atoms. The number of carbonyl (C=O) groups excluding carboxylic acids is 2. The highest BCUT2D eigenvalue weighted by molar-refractivity contribution is 6.08. The summed E-state index contributed by atoms with van der Waals surface area (Å²) in [7, 11) is 0. The summed E-state index contributed by atoms with van der Waals surface area (Å²) in [5.74, 6) is -1.61. The topological polar surface area (TPSA) is 75.2 Å². The number of halogens is 1. The molecule has 6 nitrogen and oxygen atoms in total. The maximum atomic E-state index is 14.2. The molecule has 1 aliphatic heterocycles. The highest BCUT2D eigenvalue weighted by atomic mass is 19.1. The molecule has 1 aromatic carbocycles. The zero-order valence-corrected chi connectivity index (χ0v) is 16.3. The molecule has 152 valence electrons. The average Bonchev–Trinajstić information content (AvgIpc) is 2.75. The lowest BCUT2D eigenvalue weighted by atomic mass is 9.91. The van der Waals surface area contributed by atoms with Gasteiger partial charge >= 0.3 is 0 Å². The van der Waals surface area contributed by atoms with Crippen molar-refractivity contribution < 1.29 is 18.1 Å². The normalized spacial score (nSPS) is 15.1. The van der Waals surface area contributed by atoms with E-state index in [-0.39, 0.29) is 17.4 Å². The average molecular weight is 407 g/mol. The van der Waals surface area contributed by atoms with Crippen LogP contribution in [-0.2, 0) is 12.8 Å². The van der Waals surface area contributed by atoms with Gasteiger partial charge in [0.2, 0.25) is 0 Å². The van der Waals surface area contributed by atoms with Crippen LogP contribution < -0.4 is 10.2 Å². The Balaban J connectivity index is 1.57. The van der Waals surface area contributed by atoms with Gasteiger partial charge in [-0.2, -0.15) is 0 Å². The van der Waals surface area contributed by atoms with Crippen LogP contribution in [0.2, 0.25) is 0 Å². The van der Waals surface area contributed by atoms with Gasteiger partial charge in [0.25, 0.3) is 11.8 Å². The molecule has 7 heteroatoms. The minimum atomic E-state index is -2.59. The minimum absolute atomic E-state index is 0.000227. The second-order valence-corrected chi connectivity index (χ2v) is 7.13. The van der Waals surface area contributed by atoms with Crippen molar-refractivity contribution in [2.75, 3.05) is 18.4 Å². The molecule has 0 bridgehead atoms. The third kappa shape index (κ3) is 3.66. The third-order valence-corrected chi connectivity index (χ3v) is 5.20. The number of aromatic nitrogens is 2. The molecule has 3 aromatic rings. The summed E-state index contributed by atoms with van der Waals surface area (Å²) in [4.78, 5) is 34.5. The van der Waals surface area contributed by atoms with Gasteiger partial charge in [0.15, 0.2) is 11.6 Å². The first-order chi connectivity index (χ1) is 15.6. The number of aryl methyl sites for hydroxylation is 1. The molecule has 0 saturated carbocycles. The number of hydrogen-bond donors (Lipinski definition) is 1. The Morgan fingerprint density at radius 3 is 2.90 bits per heavy atom. The molecule has 3 heterocycles. The Hall–Kier alpha value is -3.61. The number of anilines is 1. The Kier molecular flexibility index (Phi) is 4.34. The minimum Gasteiger partial charge on any atom is -0.354 e. The first kappa shape index (κ1) is 16.2. The third-order valence-electron chi connectivity index (χ3n) is 5.20. The second kappa shape index (κ2) is 8.02. The first-order valence-electron chi connectivity index (χ1n) is 10.9. The molecule has 1 aliphatic rings. The number of fused-ring (bicyclic) bond motifs is 1. The summed E-state index contributed by atoms with van der Waals surface area (Å²) in [6.07, 6.45) is 4.01. The van der Waals surface area contributed by atoms with Gasteiger partial charge in [-0.25, -0.2) is 9.37 Å². The zero-order chi connectivity index (χ0) is 23.8. The van der Waals surface area contributed by atoms with E-state index in [1.165, 1.54) is 35.5 Å². The van der Waals surface area contributed by atoms with Crippen molar-refractivity contribution in [2.45, 2.75) is 19.8 Å². The first-order valence-corrected chi connectivity index (χ1v) is 9.44. The fourth-order valence-corrected chi connectivity index (χ4v) is 3.61. The van der Waals surface area contributed by atoms with E-state index in [0.29, 0.717) is 24.9 Å². The van der Waals surface area contributed by atoms with Crippen LogP contribution in [-0.4, -0.2) is 35.3 Å². The van der Waals surface area contributed by atoms with E-state index in [0.717, 1.165) is 22.3 Å². The molecule has 0 aliphatic carbocycles. The smallest absolute Gasteiger partial charge is 0.269 e. The molecule has 0 unspecified atom stereocenters. The Bertz CT molecular complexity index is 1230. The molecule has 0 radical (unpaired) electrons. The van der Waals surface area contributed by atoms with Gasteiger partial charge in [-0.3, -0.25) is 19.5 Å². The SMILES string of the molecule is [2H]C([2H])([2H])NC(=O)c1ccc(Cc2cc3c(cc2C)CCN(c2ncccc2F)C3=O)cn1. The van der Waals surface area contributed by atoms with Crippen LogP contribution in [0.1, 0.15) is 47.2 Å². The summed E-state index contributed by atoms with van der Waals surface area (Å²) in [5.41, 5.74) is 4.10. The second-order valence-electron chi connectivity index (χ2n) is 7.13. The number of pyridine rings is 2. The van der Waals surface area contributed by atoms with Crippen molar-refractivity contribution in [2.24, 2.45) is 0 Å². The maximum Gasteiger partial charge on any atom is 0.269 e. The summed E-state index contributed by atoms with van der Waals surface area (Å²) in [6, 6.07) is 9.70. The molecule has 0 fully saturated rings. The summed E-state index contributed by atoms with van der Waals surface area (Å²) in [5, 5.41) is 1.90. The fourth-order valence-electron chi connectivity index (χ4n) is 3.61. The van der Waals surface area contributed by atoms with Gasteiger partial charge in [0.05, 0.1) is 0 Å². The standard InChI is InChI=1S/C23H21FN4O2/c1-14-10-16-7-9-28(21-19(24)4-3-8-26-21)23(30)18(16)12-17(14)11-15-5-6-20(27-13-15)22(29)25-2/h3-6,8,10,12-13H,7,9,11H2,1-2H3,(H,25,29)/i2D3. The quantitative estimate of drug-likeness (QED) is 0.721. The maximum absolute atomic E-state index is 14.2. The van der Waals surface area contributed by atoms with Gasteiger partial charge in [-0.15, -0.1) is 0 Å². The summed E-state index contributed by atoms with van der Waals surface area (Å²) in [6.45, 7) is -0.283. The monoisotopic (exact) mass is 407 g/mol. The largest absolute Gasteiger partial charge is 0.354 e. The van der Waals surface area contributed by atoms with E-state index >= 15 is 0 Å². The molecule has 2 amide bonds. The van der Waals surface area contributed by atoms with Crippen molar-refractivity contribution in [3.63, 3.8) is 0 Å². The molecular formula is C23H21FN4O2. The molecule has 2 aromatic heterocycles. The van der Waals surface area contributed by atoms with E-state index in [1.807, 2.05) is 24.4 Å². The van der Waals surface area contributed by atoms with Crippen molar-refractivity contribution in [1.82, 2.24) is 15.3 Å². The number of rotatable bonds is 4. The van der Waals surface area contributed by atoms with Crippen LogP contribution in [0.25, 0.3) is 0 Å². The molecule has 4 rings (SSSR count). The van der Waals surface area contributed by atoms with Crippen LogP contribution in [0.3, 0.4) is 0 Å². The van der Waals surface area contributed by atoms with Crippen molar-refractivity contribution >= 4 is 17.6 Å². The van der Waals surface area contributed by atoms with Crippen molar-refractivity contribution in [3.05, 3.63) is 88.1 Å². The van der Waals surface area contributed by atoms with Gasteiger partial charge in [-0.1, -0.05) is 12.1 Å². The Labute approximate surface area is 178 Å². The zero-order valence-electron chi connectivity index (χ0n) is 19.3. The van der Waals surface area contributed by atoms with E-state index in [2.05, 4.69) is 9.97 Å². The number of hydrogen-bond acceptors (Lipinski definition) is 4. The van der Waals surface area contributed by atoms with E-state index in [1.54, 1.807) is 6.07 Å². The lowest BCUT2D eigenvalue weighted by Gasteiger charge is -2.28. The lowest BCUT2D eigenvalue weighted by molar-refractivity contribution is 0.0955. The van der Waals surface area contributed by atoms with E-state index < -0.39 is 18.7 Å². The molecule has 0 atom stereocenters. The summed E-state index contributed by atoms with van der Waals surface area (Å²) >= 11 is 0. The predicted molar refractivity (Wildman–Crippen MR) is 111 cm³/mol. The van der Waals surface area contributed by atoms with Gasteiger partial charge in [0.1, 0.15) is 5.69 Å². The van der Waals surface area contributed by atoms with Crippen LogP contribution >= 0.6 is 0 Å². The Morgan fingerprint density at radius 2 is 2.17 bits per heavy atom. The van der Waals surface area contributed by atoms with Crippen molar-refractivity contribution in [3.8, 4) is 0 Å². The highest BCUT2D eigenvalue weighted by Crippen LogP contribution is 2.28. The van der Waals surface area contributed by atoms with E-state index in [4.69, 9.17) is 4.11 Å². The number of nitrogens with one attached hydrogen (secondary N) is 1. The molecular weight excluding hydrogens is 383 g/mol. The van der Waals surface area contributed by atoms with Crippen LogP contribution in [0.5, 0.6) is 0 Å². The van der Waals surface area contributed by atoms with Crippen molar-refractivity contribution in [1.29, 1.82) is 0 Å². The number of nitrogens with zero attached hydrogens (tertiary/aromatic N) is 3. The van der Waals surface area contributed by atoms with Crippen LogP contribution in [0, 0.1) is 12.7 Å². The number of carbonyl (C=O) groups is 2. The summed E-state index contributed by atoms with van der Waals surface area (Å²) < 4.78 is 35.6. The number of benzene rings is 1. The van der Waals surface area contributed by atoms with Crippen LogP contribution in [0.4, 0.5) is 10.2 Å². The predicted octanol–water partition coefficient (Wildman–Crippen LogP) is 3.08. The van der Waals surface area contributed by atoms with Crippen LogP contribution in [0.15, 0.2) is 48.8 Å². The molecule has 1 N–H and O–H groups in total. The molecule has 0 saturated heterocycles. The van der Waals surface area contributed by atoms with Gasteiger partial charge in [-0.05, 0) is 66.3 Å². The van der Waals surface area contributed by atoms with E-state index in [9.17, 15) is 14.0 Å². The highest BCUT2D eigenvalue weighted by Gasteiger charge is 2.28. The Morgan fingerprint density at radius 1 is 1.30 bits per heavy atom. The van der Waals surface area contributed by atoms with Gasteiger partial charge in [0, 0.05) is 35.6 Å². The fraction of sp³-hybridized carbons (Fsp3) is 0.217. The lowest BCUT2D eigenvalue weighted by Crippen LogP contribution is -2.39.